The first-order valence-electron chi connectivity index (χ1n) is 13.5. The number of rotatable bonds is 14. The molecular formula is C29H41N3O6S. The van der Waals surface area contributed by atoms with Crippen LogP contribution in [0.3, 0.4) is 0 Å². The minimum Gasteiger partial charge on any atom is -0.497 e. The van der Waals surface area contributed by atoms with Crippen molar-refractivity contribution in [2.75, 3.05) is 31.3 Å². The molecule has 0 saturated heterocycles. The lowest BCUT2D eigenvalue weighted by molar-refractivity contribution is -0.141. The third kappa shape index (κ3) is 8.61. The molecule has 0 aromatic heterocycles. The smallest absolute Gasteiger partial charge is 0.243 e. The molecule has 2 aromatic rings. The van der Waals surface area contributed by atoms with Crippen LogP contribution in [0.15, 0.2) is 48.5 Å². The summed E-state index contributed by atoms with van der Waals surface area (Å²) in [6, 6.07) is 13.8. The van der Waals surface area contributed by atoms with E-state index < -0.39 is 16.1 Å². The van der Waals surface area contributed by atoms with Gasteiger partial charge in [0, 0.05) is 31.6 Å². The van der Waals surface area contributed by atoms with Gasteiger partial charge in [-0.3, -0.25) is 13.9 Å². The fourth-order valence-corrected chi connectivity index (χ4v) is 5.94. The van der Waals surface area contributed by atoms with E-state index in [9.17, 15) is 18.0 Å². The molecule has 2 amide bonds. The van der Waals surface area contributed by atoms with E-state index in [1.165, 1.54) is 11.4 Å². The molecule has 1 fully saturated rings. The predicted molar refractivity (Wildman–Crippen MR) is 152 cm³/mol. The van der Waals surface area contributed by atoms with Gasteiger partial charge in [-0.05, 0) is 55.5 Å². The van der Waals surface area contributed by atoms with Crippen molar-refractivity contribution in [1.82, 2.24) is 10.2 Å². The molecule has 10 heteroatoms. The molecule has 214 valence electrons. The number of benzene rings is 2. The number of amides is 2. The molecule has 1 N–H and O–H groups in total. The summed E-state index contributed by atoms with van der Waals surface area (Å²) in [7, 11) is -0.473. The number of ether oxygens (including phenoxy) is 2. The number of carbonyl (C=O) groups excluding carboxylic acids is 2. The van der Waals surface area contributed by atoms with Gasteiger partial charge in [0.1, 0.15) is 17.5 Å². The van der Waals surface area contributed by atoms with Gasteiger partial charge in [-0.1, -0.05) is 38.0 Å². The van der Waals surface area contributed by atoms with E-state index in [0.717, 1.165) is 37.5 Å². The van der Waals surface area contributed by atoms with E-state index >= 15 is 0 Å². The third-order valence-electron chi connectivity index (χ3n) is 7.09. The predicted octanol–water partition coefficient (Wildman–Crippen LogP) is 4.12. The number of hydrogen-bond acceptors (Lipinski definition) is 6. The zero-order valence-corrected chi connectivity index (χ0v) is 24.2. The maximum absolute atomic E-state index is 13.6. The Bertz CT molecular complexity index is 1200. The summed E-state index contributed by atoms with van der Waals surface area (Å²) in [5.41, 5.74) is 1.35. The highest BCUT2D eigenvalue weighted by Gasteiger charge is 2.30. The Morgan fingerprint density at radius 2 is 1.69 bits per heavy atom. The van der Waals surface area contributed by atoms with Crippen LogP contribution in [0.4, 0.5) is 5.69 Å². The maximum atomic E-state index is 13.6. The average Bonchev–Trinajstić information content (AvgIpc) is 3.43. The number of methoxy groups -OCH3 is 2. The van der Waals surface area contributed by atoms with Crippen molar-refractivity contribution in [2.24, 2.45) is 0 Å². The SMILES string of the molecule is CC[C@@H](C(=O)NC1CCCC1)N(Cc1ccc(OC)cc1)C(=O)CCCN(c1cccc(OC)c1)S(C)(=O)=O. The fourth-order valence-electron chi connectivity index (χ4n) is 4.98. The van der Waals surface area contributed by atoms with Crippen LogP contribution in [-0.4, -0.2) is 64.2 Å². The maximum Gasteiger partial charge on any atom is 0.243 e. The summed E-state index contributed by atoms with van der Waals surface area (Å²) in [6.45, 7) is 2.30. The molecule has 0 spiro atoms. The van der Waals surface area contributed by atoms with Gasteiger partial charge in [0.15, 0.2) is 0 Å². The fraction of sp³-hybridized carbons (Fsp3) is 0.517. The minimum atomic E-state index is -3.59. The van der Waals surface area contributed by atoms with Gasteiger partial charge >= 0.3 is 0 Å². The van der Waals surface area contributed by atoms with Gasteiger partial charge in [0.2, 0.25) is 21.8 Å². The van der Waals surface area contributed by atoms with E-state index in [1.807, 2.05) is 31.2 Å². The summed E-state index contributed by atoms with van der Waals surface area (Å²) in [6.07, 6.45) is 6.12. The van der Waals surface area contributed by atoms with Crippen LogP contribution < -0.4 is 19.1 Å². The highest BCUT2D eigenvalue weighted by atomic mass is 32.2. The van der Waals surface area contributed by atoms with Crippen molar-refractivity contribution in [1.29, 1.82) is 0 Å². The topological polar surface area (TPSA) is 105 Å². The Balaban J connectivity index is 1.76. The molecule has 0 unspecified atom stereocenters. The number of carbonyl (C=O) groups is 2. The summed E-state index contributed by atoms with van der Waals surface area (Å²) in [5.74, 6) is 0.918. The summed E-state index contributed by atoms with van der Waals surface area (Å²) < 4.78 is 36.9. The van der Waals surface area contributed by atoms with Gasteiger partial charge in [-0.2, -0.15) is 0 Å². The summed E-state index contributed by atoms with van der Waals surface area (Å²) in [5, 5.41) is 3.14. The number of anilines is 1. The van der Waals surface area contributed by atoms with Crippen LogP contribution in [0.1, 0.15) is 57.4 Å². The Morgan fingerprint density at radius 1 is 1.03 bits per heavy atom. The average molecular weight is 560 g/mol. The number of sulfonamides is 1. The highest BCUT2D eigenvalue weighted by molar-refractivity contribution is 7.92. The molecule has 3 rings (SSSR count). The quantitative estimate of drug-likeness (QED) is 0.373. The standard InChI is InChI=1S/C29H41N3O6S/c1-5-27(29(34)30-23-10-6-7-11-23)31(21-22-15-17-25(37-2)18-16-22)28(33)14-9-19-32(39(4,35)36)24-12-8-13-26(20-24)38-3/h8,12-13,15-18,20,23,27H,5-7,9-11,14,19,21H2,1-4H3,(H,30,34)/t27-/m0/s1. The molecule has 0 aliphatic heterocycles. The lowest BCUT2D eigenvalue weighted by Crippen LogP contribution is -2.51. The van der Waals surface area contributed by atoms with Crippen LogP contribution in [0, 0.1) is 0 Å². The first kappa shape index (κ1) is 30.3. The van der Waals surface area contributed by atoms with Gasteiger partial charge in [-0.15, -0.1) is 0 Å². The molecule has 1 atom stereocenters. The molecule has 0 bridgehead atoms. The molecule has 0 radical (unpaired) electrons. The van der Waals surface area contributed by atoms with E-state index in [-0.39, 0.29) is 37.4 Å². The van der Waals surface area contributed by atoms with Crippen LogP contribution in [0.2, 0.25) is 0 Å². The van der Waals surface area contributed by atoms with Crippen molar-refractivity contribution in [2.45, 2.75) is 70.5 Å². The zero-order chi connectivity index (χ0) is 28.4. The third-order valence-corrected chi connectivity index (χ3v) is 8.29. The van der Waals surface area contributed by atoms with E-state index in [4.69, 9.17) is 9.47 Å². The molecule has 1 aliphatic carbocycles. The Labute approximate surface area is 232 Å². The molecule has 0 heterocycles. The first-order valence-corrected chi connectivity index (χ1v) is 15.4. The van der Waals surface area contributed by atoms with E-state index in [2.05, 4.69) is 5.32 Å². The molecular weight excluding hydrogens is 518 g/mol. The van der Waals surface area contributed by atoms with Gasteiger partial charge in [-0.25, -0.2) is 8.42 Å². The van der Waals surface area contributed by atoms with E-state index in [1.54, 1.807) is 36.3 Å². The lowest BCUT2D eigenvalue weighted by atomic mass is 10.1. The number of hydrogen-bond donors (Lipinski definition) is 1. The van der Waals surface area contributed by atoms with Crippen molar-refractivity contribution < 1.29 is 27.5 Å². The van der Waals surface area contributed by atoms with E-state index in [0.29, 0.717) is 30.0 Å². The Hall–Kier alpha value is -3.27. The molecule has 1 saturated carbocycles. The highest BCUT2D eigenvalue weighted by Crippen LogP contribution is 2.24. The molecule has 39 heavy (non-hydrogen) atoms. The second-order valence-corrected chi connectivity index (χ2v) is 11.8. The minimum absolute atomic E-state index is 0.0966. The lowest BCUT2D eigenvalue weighted by Gasteiger charge is -2.32. The normalized spacial score (nSPS) is 14.5. The van der Waals surface area contributed by atoms with Gasteiger partial charge in [0.05, 0.1) is 26.2 Å². The summed E-state index contributed by atoms with van der Waals surface area (Å²) in [4.78, 5) is 28.5. The Morgan fingerprint density at radius 3 is 2.28 bits per heavy atom. The van der Waals surface area contributed by atoms with Crippen LogP contribution in [0.25, 0.3) is 0 Å². The van der Waals surface area contributed by atoms with Crippen molar-refractivity contribution >= 4 is 27.5 Å². The Kier molecular flexibility index (Phi) is 11.0. The van der Waals surface area contributed by atoms with Gasteiger partial charge < -0.3 is 19.7 Å². The zero-order valence-electron chi connectivity index (χ0n) is 23.4. The van der Waals surface area contributed by atoms with Gasteiger partial charge in [0.25, 0.3) is 0 Å². The monoisotopic (exact) mass is 559 g/mol. The molecule has 9 nitrogen and oxygen atoms in total. The summed E-state index contributed by atoms with van der Waals surface area (Å²) >= 11 is 0. The largest absolute Gasteiger partial charge is 0.497 e. The van der Waals surface area contributed by atoms with Crippen LogP contribution >= 0.6 is 0 Å². The van der Waals surface area contributed by atoms with Crippen molar-refractivity contribution in [3.63, 3.8) is 0 Å². The van der Waals surface area contributed by atoms with Crippen LogP contribution in [-0.2, 0) is 26.2 Å². The molecule has 1 aliphatic rings. The second kappa shape index (κ2) is 14.2. The first-order chi connectivity index (χ1) is 18.7. The van der Waals surface area contributed by atoms with Crippen LogP contribution in [0.5, 0.6) is 11.5 Å². The van der Waals surface area contributed by atoms with Crippen molar-refractivity contribution in [3.8, 4) is 11.5 Å². The second-order valence-electron chi connectivity index (χ2n) is 9.92. The number of nitrogens with zero attached hydrogens (tertiary/aromatic N) is 2. The van der Waals surface area contributed by atoms with Crippen molar-refractivity contribution in [3.05, 3.63) is 54.1 Å². The molecule has 2 aromatic carbocycles. The number of nitrogens with one attached hydrogen (secondary N) is 1.